The number of nitrogens with zero attached hydrogens (tertiary/aromatic N) is 1. The van der Waals surface area contributed by atoms with Gasteiger partial charge < -0.3 is 5.32 Å². The maximum Gasteiger partial charge on any atom is 0.141 e. The average Bonchev–Trinajstić information content (AvgIpc) is 2.82. The molecule has 1 unspecified atom stereocenters. The maximum atomic E-state index is 9.08. The van der Waals surface area contributed by atoms with E-state index >= 15 is 0 Å². The van der Waals surface area contributed by atoms with Gasteiger partial charge in [0, 0.05) is 10.7 Å². The molecule has 1 aromatic heterocycles. The highest BCUT2D eigenvalue weighted by Crippen LogP contribution is 2.22. The van der Waals surface area contributed by atoms with Gasteiger partial charge in [-0.3, -0.25) is 0 Å². The van der Waals surface area contributed by atoms with Crippen LogP contribution in [0, 0.1) is 11.3 Å². The van der Waals surface area contributed by atoms with Gasteiger partial charge in [0.15, 0.2) is 0 Å². The Balaban J connectivity index is 2.14. The molecular weight excluding hydrogens is 240 g/mol. The molecule has 0 bridgehead atoms. The molecule has 0 spiro atoms. The molecule has 0 saturated heterocycles. The Hall–Kier alpha value is -1.50. The van der Waals surface area contributed by atoms with Crippen molar-refractivity contribution in [3.63, 3.8) is 0 Å². The third kappa shape index (κ3) is 2.54. The molecule has 0 aliphatic heterocycles. The third-order valence-electron chi connectivity index (χ3n) is 2.16. The minimum absolute atomic E-state index is 0.313. The van der Waals surface area contributed by atoms with Crippen molar-refractivity contribution in [2.75, 3.05) is 5.32 Å². The average molecular weight is 249 g/mol. The summed E-state index contributed by atoms with van der Waals surface area (Å²) in [6, 6.07) is 11.2. The SMILES string of the molecule is N#CC(Nc1ccc(Cl)cc1)c1ccsc1. The Labute approximate surface area is 103 Å². The lowest BCUT2D eigenvalue weighted by Gasteiger charge is -2.11. The van der Waals surface area contributed by atoms with Crippen molar-refractivity contribution in [2.45, 2.75) is 6.04 Å². The van der Waals surface area contributed by atoms with Crippen LogP contribution in [-0.2, 0) is 0 Å². The fraction of sp³-hybridized carbons (Fsp3) is 0.0833. The van der Waals surface area contributed by atoms with E-state index in [0.29, 0.717) is 5.02 Å². The second-order valence-electron chi connectivity index (χ2n) is 3.27. The molecule has 4 heteroatoms. The predicted octanol–water partition coefficient (Wildman–Crippen LogP) is 4.08. The first-order valence-electron chi connectivity index (χ1n) is 4.73. The number of nitrogens with one attached hydrogen (secondary N) is 1. The highest BCUT2D eigenvalue weighted by Gasteiger charge is 2.09. The molecule has 1 atom stereocenters. The standard InChI is InChI=1S/C12H9ClN2S/c13-10-1-3-11(4-2-10)15-12(7-14)9-5-6-16-8-9/h1-6,8,12,15H. The number of hydrogen-bond donors (Lipinski definition) is 1. The smallest absolute Gasteiger partial charge is 0.141 e. The first-order chi connectivity index (χ1) is 7.79. The second-order valence-corrected chi connectivity index (χ2v) is 4.49. The molecule has 0 saturated carbocycles. The van der Waals surface area contributed by atoms with Crippen LogP contribution in [0.15, 0.2) is 41.1 Å². The molecule has 0 aliphatic rings. The molecule has 2 aromatic rings. The van der Waals surface area contributed by atoms with Gasteiger partial charge in [0.2, 0.25) is 0 Å². The predicted molar refractivity (Wildman–Crippen MR) is 67.7 cm³/mol. The first kappa shape index (κ1) is 11.0. The van der Waals surface area contributed by atoms with Gasteiger partial charge in [-0.25, -0.2) is 0 Å². The molecule has 0 fully saturated rings. The summed E-state index contributed by atoms with van der Waals surface area (Å²) in [4.78, 5) is 0. The van der Waals surface area contributed by atoms with Gasteiger partial charge in [0.25, 0.3) is 0 Å². The number of thiophene rings is 1. The molecule has 0 aliphatic carbocycles. The molecule has 1 heterocycles. The summed E-state index contributed by atoms with van der Waals surface area (Å²) < 4.78 is 0. The van der Waals surface area contributed by atoms with Crippen LogP contribution in [0.1, 0.15) is 11.6 Å². The Kier molecular flexibility index (Phi) is 3.45. The summed E-state index contributed by atoms with van der Waals surface area (Å²) in [5.41, 5.74) is 1.88. The van der Waals surface area contributed by atoms with Crippen molar-refractivity contribution in [3.05, 3.63) is 51.7 Å². The van der Waals surface area contributed by atoms with Crippen molar-refractivity contribution in [1.82, 2.24) is 0 Å². The van der Waals surface area contributed by atoms with Gasteiger partial charge in [-0.05, 0) is 46.7 Å². The number of halogens is 1. The second kappa shape index (κ2) is 5.02. The quantitative estimate of drug-likeness (QED) is 0.889. The van der Waals surface area contributed by atoms with E-state index in [2.05, 4.69) is 11.4 Å². The zero-order chi connectivity index (χ0) is 11.4. The van der Waals surface area contributed by atoms with E-state index in [1.807, 2.05) is 29.0 Å². The third-order valence-corrected chi connectivity index (χ3v) is 3.11. The van der Waals surface area contributed by atoms with Crippen LogP contribution in [0.4, 0.5) is 5.69 Å². The van der Waals surface area contributed by atoms with Crippen molar-refractivity contribution in [2.24, 2.45) is 0 Å². The summed E-state index contributed by atoms with van der Waals surface area (Å²) in [5, 5.41) is 16.8. The van der Waals surface area contributed by atoms with E-state index in [1.54, 1.807) is 23.5 Å². The van der Waals surface area contributed by atoms with E-state index in [-0.39, 0.29) is 6.04 Å². The Morgan fingerprint density at radius 1 is 1.25 bits per heavy atom. The lowest BCUT2D eigenvalue weighted by Crippen LogP contribution is -2.07. The zero-order valence-electron chi connectivity index (χ0n) is 8.35. The normalized spacial score (nSPS) is 11.8. The van der Waals surface area contributed by atoms with Crippen molar-refractivity contribution < 1.29 is 0 Å². The number of rotatable bonds is 3. The summed E-state index contributed by atoms with van der Waals surface area (Å²) in [5.74, 6) is 0. The Morgan fingerprint density at radius 2 is 2.00 bits per heavy atom. The van der Waals surface area contributed by atoms with E-state index in [0.717, 1.165) is 11.3 Å². The zero-order valence-corrected chi connectivity index (χ0v) is 9.92. The molecular formula is C12H9ClN2S. The highest BCUT2D eigenvalue weighted by molar-refractivity contribution is 7.08. The molecule has 0 amide bonds. The number of nitriles is 1. The molecule has 1 aromatic carbocycles. The molecule has 16 heavy (non-hydrogen) atoms. The fourth-order valence-electron chi connectivity index (χ4n) is 1.34. The molecule has 0 radical (unpaired) electrons. The molecule has 1 N–H and O–H groups in total. The van der Waals surface area contributed by atoms with Crippen LogP contribution >= 0.6 is 22.9 Å². The van der Waals surface area contributed by atoms with E-state index in [1.165, 1.54) is 0 Å². The van der Waals surface area contributed by atoms with E-state index in [9.17, 15) is 0 Å². The molecule has 2 nitrogen and oxygen atoms in total. The van der Waals surface area contributed by atoms with Gasteiger partial charge in [-0.2, -0.15) is 16.6 Å². The van der Waals surface area contributed by atoms with Crippen LogP contribution in [0.25, 0.3) is 0 Å². The Morgan fingerprint density at radius 3 is 2.56 bits per heavy atom. The van der Waals surface area contributed by atoms with Gasteiger partial charge in [0.05, 0.1) is 6.07 Å². The van der Waals surface area contributed by atoms with Crippen molar-refractivity contribution >= 4 is 28.6 Å². The van der Waals surface area contributed by atoms with Crippen LogP contribution in [0.5, 0.6) is 0 Å². The van der Waals surface area contributed by atoms with Gasteiger partial charge in [-0.1, -0.05) is 11.6 Å². The fourth-order valence-corrected chi connectivity index (χ4v) is 2.15. The van der Waals surface area contributed by atoms with Crippen LogP contribution < -0.4 is 5.32 Å². The summed E-state index contributed by atoms with van der Waals surface area (Å²) >= 11 is 7.37. The molecule has 80 valence electrons. The van der Waals surface area contributed by atoms with Crippen LogP contribution in [0.2, 0.25) is 5.02 Å². The van der Waals surface area contributed by atoms with Gasteiger partial charge in [-0.15, -0.1) is 0 Å². The van der Waals surface area contributed by atoms with Crippen molar-refractivity contribution in [3.8, 4) is 6.07 Å². The van der Waals surface area contributed by atoms with Crippen LogP contribution in [0.3, 0.4) is 0 Å². The monoisotopic (exact) mass is 248 g/mol. The van der Waals surface area contributed by atoms with E-state index in [4.69, 9.17) is 16.9 Å². The molecule has 2 rings (SSSR count). The largest absolute Gasteiger partial charge is 0.366 e. The number of benzene rings is 1. The topological polar surface area (TPSA) is 35.8 Å². The highest BCUT2D eigenvalue weighted by atomic mass is 35.5. The van der Waals surface area contributed by atoms with Crippen molar-refractivity contribution in [1.29, 1.82) is 5.26 Å². The lowest BCUT2D eigenvalue weighted by atomic mass is 10.1. The lowest BCUT2D eigenvalue weighted by molar-refractivity contribution is 1.01. The summed E-state index contributed by atoms with van der Waals surface area (Å²) in [7, 11) is 0. The van der Waals surface area contributed by atoms with Gasteiger partial charge in [0.1, 0.15) is 6.04 Å². The first-order valence-corrected chi connectivity index (χ1v) is 6.05. The minimum atomic E-state index is -0.313. The van der Waals surface area contributed by atoms with Gasteiger partial charge >= 0.3 is 0 Å². The number of anilines is 1. The Bertz CT molecular complexity index is 485. The summed E-state index contributed by atoms with van der Waals surface area (Å²) in [6.07, 6.45) is 0. The minimum Gasteiger partial charge on any atom is -0.366 e. The maximum absolute atomic E-state index is 9.08. The number of hydrogen-bond acceptors (Lipinski definition) is 3. The van der Waals surface area contributed by atoms with Crippen LogP contribution in [-0.4, -0.2) is 0 Å². The summed E-state index contributed by atoms with van der Waals surface area (Å²) in [6.45, 7) is 0. The van der Waals surface area contributed by atoms with E-state index < -0.39 is 0 Å².